The first-order valence-electron chi connectivity index (χ1n) is 8.67. The molecular formula is C18H16N6O4. The Morgan fingerprint density at radius 1 is 1.32 bits per heavy atom. The Labute approximate surface area is 158 Å². The number of rotatable bonds is 4. The maximum Gasteiger partial charge on any atom is 0.270 e. The summed E-state index contributed by atoms with van der Waals surface area (Å²) < 4.78 is 1.35. The van der Waals surface area contributed by atoms with E-state index in [1.165, 1.54) is 28.9 Å². The summed E-state index contributed by atoms with van der Waals surface area (Å²) >= 11 is 0. The first-order valence-corrected chi connectivity index (χ1v) is 8.67. The van der Waals surface area contributed by atoms with Crippen LogP contribution in [-0.4, -0.2) is 30.6 Å². The van der Waals surface area contributed by atoms with Crippen molar-refractivity contribution < 1.29 is 9.72 Å². The first-order chi connectivity index (χ1) is 13.4. The highest BCUT2D eigenvalue weighted by atomic mass is 16.6. The van der Waals surface area contributed by atoms with E-state index in [0.717, 1.165) is 18.5 Å². The minimum atomic E-state index is -0.565. The number of nitrogens with zero attached hydrogens (tertiary/aromatic N) is 4. The summed E-state index contributed by atoms with van der Waals surface area (Å²) in [5.74, 6) is -0.0171. The summed E-state index contributed by atoms with van der Waals surface area (Å²) in [6.45, 7) is 1.74. The lowest BCUT2D eigenvalue weighted by Gasteiger charge is -2.09. The van der Waals surface area contributed by atoms with Crippen LogP contribution in [0.3, 0.4) is 0 Å². The van der Waals surface area contributed by atoms with Crippen molar-refractivity contribution in [2.45, 2.75) is 26.2 Å². The van der Waals surface area contributed by atoms with Crippen LogP contribution < -0.4 is 10.9 Å². The molecule has 0 radical (unpaired) electrons. The van der Waals surface area contributed by atoms with Crippen molar-refractivity contribution >= 4 is 17.4 Å². The quantitative estimate of drug-likeness (QED) is 0.524. The van der Waals surface area contributed by atoms with Gasteiger partial charge in [-0.25, -0.2) is 4.98 Å². The summed E-state index contributed by atoms with van der Waals surface area (Å²) in [4.78, 5) is 42.4. The van der Waals surface area contributed by atoms with Crippen LogP contribution in [0.15, 0.2) is 35.1 Å². The van der Waals surface area contributed by atoms with E-state index in [2.05, 4.69) is 20.4 Å². The number of hydrogen-bond acceptors (Lipinski definition) is 6. The molecule has 1 aliphatic rings. The molecule has 28 heavy (non-hydrogen) atoms. The molecular weight excluding hydrogens is 364 g/mol. The molecule has 4 rings (SSSR count). The van der Waals surface area contributed by atoms with E-state index >= 15 is 0 Å². The van der Waals surface area contributed by atoms with Crippen LogP contribution in [0.1, 0.15) is 33.7 Å². The molecule has 2 aromatic heterocycles. The highest BCUT2D eigenvalue weighted by Gasteiger charge is 2.20. The first kappa shape index (κ1) is 17.6. The summed E-state index contributed by atoms with van der Waals surface area (Å²) in [5.41, 5.74) is 1.79. The SMILES string of the molecule is Cc1cc(NC(=O)c2cccc([N+](=O)[O-])c2)n(-c2nc3c(c(=O)[nH]2)CCC3)n1. The fourth-order valence-electron chi connectivity index (χ4n) is 3.23. The fraction of sp³-hybridized carbons (Fsp3) is 0.222. The van der Waals surface area contributed by atoms with Gasteiger partial charge in [-0.1, -0.05) is 6.07 Å². The third kappa shape index (κ3) is 3.15. The van der Waals surface area contributed by atoms with Gasteiger partial charge in [0.05, 0.1) is 16.3 Å². The Bertz CT molecular complexity index is 1160. The molecule has 10 heteroatoms. The van der Waals surface area contributed by atoms with Gasteiger partial charge in [-0.2, -0.15) is 9.78 Å². The standard InChI is InChI=1S/C18H16N6O4/c1-10-8-15(20-16(25)11-4-2-5-12(9-11)24(27)28)23(22-10)18-19-14-7-3-6-13(14)17(26)21-18/h2,4-5,8-9H,3,6-7H2,1H3,(H,20,25)(H,19,21,26). The van der Waals surface area contributed by atoms with Gasteiger partial charge < -0.3 is 5.32 Å². The van der Waals surface area contributed by atoms with Crippen molar-refractivity contribution in [3.05, 3.63) is 73.3 Å². The molecule has 2 heterocycles. The molecule has 0 spiro atoms. The lowest BCUT2D eigenvalue weighted by molar-refractivity contribution is -0.384. The molecule has 0 fully saturated rings. The van der Waals surface area contributed by atoms with E-state index in [-0.39, 0.29) is 22.8 Å². The number of nitro benzene ring substituents is 1. The number of fused-ring (bicyclic) bond motifs is 1. The van der Waals surface area contributed by atoms with Gasteiger partial charge in [0.1, 0.15) is 5.82 Å². The van der Waals surface area contributed by atoms with Crippen molar-refractivity contribution in [1.29, 1.82) is 0 Å². The second-order valence-corrected chi connectivity index (χ2v) is 6.51. The maximum absolute atomic E-state index is 12.6. The highest BCUT2D eigenvalue weighted by Crippen LogP contribution is 2.20. The van der Waals surface area contributed by atoms with Crippen LogP contribution in [0, 0.1) is 17.0 Å². The molecule has 2 N–H and O–H groups in total. The molecule has 0 saturated carbocycles. The molecule has 0 atom stereocenters. The molecule has 142 valence electrons. The van der Waals surface area contributed by atoms with Crippen molar-refractivity contribution in [3.63, 3.8) is 0 Å². The number of non-ortho nitro benzene ring substituents is 1. The van der Waals surface area contributed by atoms with Crippen LogP contribution in [0.4, 0.5) is 11.5 Å². The molecule has 1 aromatic carbocycles. The minimum absolute atomic E-state index is 0.134. The number of benzene rings is 1. The molecule has 1 aliphatic carbocycles. The number of anilines is 1. The number of amides is 1. The number of nitro groups is 1. The van der Waals surface area contributed by atoms with Gasteiger partial charge in [-0.05, 0) is 32.3 Å². The third-order valence-electron chi connectivity index (χ3n) is 4.52. The van der Waals surface area contributed by atoms with E-state index < -0.39 is 10.8 Å². The predicted molar refractivity (Wildman–Crippen MR) is 99.8 cm³/mol. The summed E-state index contributed by atoms with van der Waals surface area (Å²) in [6.07, 6.45) is 2.30. The second kappa shape index (κ2) is 6.72. The zero-order valence-electron chi connectivity index (χ0n) is 14.9. The fourth-order valence-corrected chi connectivity index (χ4v) is 3.23. The van der Waals surface area contributed by atoms with Gasteiger partial charge in [0.25, 0.3) is 17.2 Å². The van der Waals surface area contributed by atoms with Crippen molar-refractivity contribution in [1.82, 2.24) is 19.7 Å². The Kier molecular flexibility index (Phi) is 4.22. The average molecular weight is 380 g/mol. The van der Waals surface area contributed by atoms with E-state index in [4.69, 9.17) is 0 Å². The number of nitrogens with one attached hydrogen (secondary N) is 2. The Morgan fingerprint density at radius 3 is 2.93 bits per heavy atom. The number of carbonyl (C=O) groups excluding carboxylic acids is 1. The van der Waals surface area contributed by atoms with E-state index in [1.807, 2.05) is 0 Å². The molecule has 0 aliphatic heterocycles. The average Bonchev–Trinajstić information content (AvgIpc) is 3.28. The lowest BCUT2D eigenvalue weighted by atomic mass is 10.2. The number of hydrogen-bond donors (Lipinski definition) is 2. The minimum Gasteiger partial charge on any atom is -0.306 e. The maximum atomic E-state index is 12.6. The van der Waals surface area contributed by atoms with Gasteiger partial charge >= 0.3 is 0 Å². The van der Waals surface area contributed by atoms with E-state index in [0.29, 0.717) is 23.5 Å². The Balaban J connectivity index is 1.68. The predicted octanol–water partition coefficient (Wildman–Crippen LogP) is 1.91. The zero-order valence-corrected chi connectivity index (χ0v) is 14.9. The number of aromatic amines is 1. The molecule has 0 bridgehead atoms. The van der Waals surface area contributed by atoms with Gasteiger partial charge in [-0.15, -0.1) is 0 Å². The molecule has 3 aromatic rings. The molecule has 0 unspecified atom stereocenters. The highest BCUT2D eigenvalue weighted by molar-refractivity contribution is 6.04. The summed E-state index contributed by atoms with van der Waals surface area (Å²) in [7, 11) is 0. The Hall–Kier alpha value is -3.82. The third-order valence-corrected chi connectivity index (χ3v) is 4.52. The number of carbonyl (C=O) groups is 1. The van der Waals surface area contributed by atoms with Crippen LogP contribution in [0.2, 0.25) is 0 Å². The molecule has 10 nitrogen and oxygen atoms in total. The molecule has 0 saturated heterocycles. The van der Waals surface area contributed by atoms with Crippen molar-refractivity contribution in [2.24, 2.45) is 0 Å². The normalized spacial score (nSPS) is 12.6. The topological polar surface area (TPSA) is 136 Å². The number of aryl methyl sites for hydroxylation is 2. The second-order valence-electron chi connectivity index (χ2n) is 6.51. The van der Waals surface area contributed by atoms with Crippen molar-refractivity contribution in [3.8, 4) is 5.95 Å². The van der Waals surface area contributed by atoms with Gasteiger partial charge in [0.2, 0.25) is 5.95 Å². The summed E-state index contributed by atoms with van der Waals surface area (Å²) in [5, 5.41) is 17.9. The van der Waals surface area contributed by atoms with Crippen LogP contribution in [0.5, 0.6) is 0 Å². The largest absolute Gasteiger partial charge is 0.306 e. The van der Waals surface area contributed by atoms with Gasteiger partial charge in [0, 0.05) is 29.3 Å². The van der Waals surface area contributed by atoms with E-state index in [9.17, 15) is 19.7 Å². The van der Waals surface area contributed by atoms with Crippen molar-refractivity contribution in [2.75, 3.05) is 5.32 Å². The number of H-pyrrole nitrogens is 1. The molecule has 1 amide bonds. The Morgan fingerprint density at radius 2 is 2.14 bits per heavy atom. The smallest absolute Gasteiger partial charge is 0.270 e. The van der Waals surface area contributed by atoms with Crippen LogP contribution in [-0.2, 0) is 12.8 Å². The monoisotopic (exact) mass is 380 g/mol. The summed E-state index contributed by atoms with van der Waals surface area (Å²) in [6, 6.07) is 7.05. The number of aromatic nitrogens is 4. The van der Waals surface area contributed by atoms with Gasteiger partial charge in [0.15, 0.2) is 0 Å². The van der Waals surface area contributed by atoms with Crippen LogP contribution >= 0.6 is 0 Å². The van der Waals surface area contributed by atoms with Crippen LogP contribution in [0.25, 0.3) is 5.95 Å². The lowest BCUT2D eigenvalue weighted by Crippen LogP contribution is -2.21. The van der Waals surface area contributed by atoms with E-state index in [1.54, 1.807) is 13.0 Å². The van der Waals surface area contributed by atoms with Gasteiger partial charge in [-0.3, -0.25) is 24.7 Å². The zero-order chi connectivity index (χ0) is 19.8.